The van der Waals surface area contributed by atoms with Crippen LogP contribution < -0.4 is 18.3 Å². The third-order valence-corrected chi connectivity index (χ3v) is 18.8. The van der Waals surface area contributed by atoms with E-state index in [4.69, 9.17) is 18.3 Å². The van der Waals surface area contributed by atoms with Gasteiger partial charge in [0.1, 0.15) is 11.5 Å². The van der Waals surface area contributed by atoms with Gasteiger partial charge in [0.25, 0.3) is 16.6 Å². The molecule has 0 aliphatic heterocycles. The molecule has 1 aliphatic carbocycles. The van der Waals surface area contributed by atoms with Crippen molar-refractivity contribution in [2.75, 3.05) is 14.2 Å². The molecule has 0 amide bonds. The van der Waals surface area contributed by atoms with Crippen molar-refractivity contribution in [3.63, 3.8) is 0 Å². The molecule has 2 N–H and O–H groups in total. The second-order valence-corrected chi connectivity index (χ2v) is 20.7. The van der Waals surface area contributed by atoms with Gasteiger partial charge in [-0.2, -0.15) is 0 Å². The number of ether oxygens (including phenoxy) is 2. The fourth-order valence-corrected chi connectivity index (χ4v) is 11.7. The maximum absolute atomic E-state index is 12.7. The number of hydrogen-bond acceptors (Lipinski definition) is 6. The van der Waals surface area contributed by atoms with Crippen LogP contribution in [0, 0.1) is 11.8 Å². The van der Waals surface area contributed by atoms with E-state index in [0.717, 1.165) is 36.3 Å². The molecule has 3 rings (SSSR count). The lowest BCUT2D eigenvalue weighted by atomic mass is 9.52. The Labute approximate surface area is 252 Å². The van der Waals surface area contributed by atoms with Crippen LogP contribution in [0.3, 0.4) is 0 Å². The van der Waals surface area contributed by atoms with Gasteiger partial charge in [-0.05, 0) is 71.7 Å². The minimum absolute atomic E-state index is 0.495. The highest BCUT2D eigenvalue weighted by atomic mass is 28.4. The Bertz CT molecular complexity index is 1120. The Morgan fingerprint density at radius 2 is 0.905 bits per heavy atom. The molecular weight excluding hydrogens is 569 g/mol. The quantitative estimate of drug-likeness (QED) is 0.184. The van der Waals surface area contributed by atoms with Gasteiger partial charge in [0.15, 0.2) is 11.5 Å². The van der Waals surface area contributed by atoms with Crippen LogP contribution in [0.15, 0.2) is 36.4 Å². The van der Waals surface area contributed by atoms with Crippen molar-refractivity contribution < 1.29 is 38.1 Å². The molecule has 0 atom stereocenters. The van der Waals surface area contributed by atoms with E-state index in [-0.39, 0.29) is 0 Å². The van der Waals surface area contributed by atoms with Gasteiger partial charge in [-0.25, -0.2) is 0 Å². The van der Waals surface area contributed by atoms with Crippen molar-refractivity contribution in [3.05, 3.63) is 47.5 Å². The molecule has 42 heavy (non-hydrogen) atoms. The van der Waals surface area contributed by atoms with Gasteiger partial charge in [0, 0.05) is 11.8 Å². The zero-order valence-corrected chi connectivity index (χ0v) is 28.4. The predicted octanol–water partition coefficient (Wildman–Crippen LogP) is 7.75. The molecular formula is C32H48O8Si2. The van der Waals surface area contributed by atoms with Crippen LogP contribution in [-0.4, -0.2) is 53.0 Å². The van der Waals surface area contributed by atoms with Gasteiger partial charge in [-0.1, -0.05) is 53.7 Å². The summed E-state index contributed by atoms with van der Waals surface area (Å²) in [6.07, 6.45) is 0. The first-order valence-corrected chi connectivity index (χ1v) is 20.3. The number of carboxylic acid groups (broad SMARTS) is 2. The molecule has 0 unspecified atom stereocenters. The summed E-state index contributed by atoms with van der Waals surface area (Å²) < 4.78 is 24.4. The number of carboxylic acids is 2. The molecule has 0 bridgehead atoms. The predicted molar refractivity (Wildman–Crippen MR) is 169 cm³/mol. The van der Waals surface area contributed by atoms with Crippen molar-refractivity contribution in [3.8, 4) is 23.0 Å². The largest absolute Gasteiger partial charge is 0.541 e. The van der Waals surface area contributed by atoms with E-state index < -0.39 is 52.2 Å². The normalized spacial score (nSPS) is 20.4. The number of carbonyl (C=O) groups is 2. The van der Waals surface area contributed by atoms with Crippen LogP contribution in [0.4, 0.5) is 0 Å². The van der Waals surface area contributed by atoms with Gasteiger partial charge in [0.2, 0.25) is 0 Å². The third kappa shape index (κ3) is 6.34. The van der Waals surface area contributed by atoms with Gasteiger partial charge >= 0.3 is 11.9 Å². The van der Waals surface area contributed by atoms with Crippen molar-refractivity contribution in [1.29, 1.82) is 0 Å². The molecule has 8 nitrogen and oxygen atoms in total. The summed E-state index contributed by atoms with van der Waals surface area (Å²) in [5.74, 6) is -3.19. The van der Waals surface area contributed by atoms with E-state index >= 15 is 0 Å². The van der Waals surface area contributed by atoms with Crippen molar-refractivity contribution in [2.45, 2.75) is 89.6 Å². The van der Waals surface area contributed by atoms with E-state index in [1.54, 1.807) is 38.5 Å². The van der Waals surface area contributed by atoms with E-state index in [1.165, 1.54) is 0 Å². The first-order chi connectivity index (χ1) is 20.0. The molecule has 1 fully saturated rings. The van der Waals surface area contributed by atoms with Crippen LogP contribution >= 0.6 is 0 Å². The van der Waals surface area contributed by atoms with Gasteiger partial charge in [0.05, 0.1) is 26.1 Å². The van der Waals surface area contributed by atoms with Gasteiger partial charge in [-0.3, -0.25) is 9.59 Å². The molecule has 232 valence electrons. The molecule has 0 heterocycles. The molecule has 1 saturated carbocycles. The first kappa shape index (κ1) is 33.5. The Hall–Kier alpha value is -2.99. The highest BCUT2D eigenvalue weighted by Gasteiger charge is 2.59. The van der Waals surface area contributed by atoms with E-state index in [1.807, 2.05) is 12.1 Å². The Morgan fingerprint density at radius 1 is 0.595 bits per heavy atom. The molecule has 0 saturated heterocycles. The van der Waals surface area contributed by atoms with Crippen LogP contribution in [0.1, 0.15) is 64.5 Å². The monoisotopic (exact) mass is 616 g/mol. The minimum Gasteiger partial charge on any atom is -0.541 e. The van der Waals surface area contributed by atoms with Crippen LogP contribution in [0.2, 0.25) is 36.3 Å². The van der Waals surface area contributed by atoms with Gasteiger partial charge in [-0.15, -0.1) is 0 Å². The summed E-state index contributed by atoms with van der Waals surface area (Å²) in [4.78, 5) is 25.3. The van der Waals surface area contributed by atoms with Crippen LogP contribution in [-0.2, 0) is 9.59 Å². The van der Waals surface area contributed by atoms with E-state index in [0.29, 0.717) is 34.1 Å². The smallest absolute Gasteiger partial charge is 0.307 e. The number of methoxy groups -OCH3 is 2. The SMILES string of the molecule is CC[Si](CC)(CC)Oc1ccc([C@H]2[C@H](C(=O)O)[C@H](c3ccc(O[Si](CC)(CC)CC)c(OC)c3)[C@H]2C(=O)O)cc1OC. The third-order valence-electron chi connectivity index (χ3n) is 9.78. The minimum atomic E-state index is -1.99. The molecule has 10 heteroatoms. The molecule has 2 aromatic rings. The Balaban J connectivity index is 2.02. The second-order valence-electron chi connectivity index (χ2n) is 11.3. The highest BCUT2D eigenvalue weighted by Crippen LogP contribution is 2.59. The lowest BCUT2D eigenvalue weighted by Gasteiger charge is -2.48. The van der Waals surface area contributed by atoms with Crippen LogP contribution in [0.5, 0.6) is 23.0 Å². The average molecular weight is 617 g/mol. The number of rotatable bonds is 16. The summed E-state index contributed by atoms with van der Waals surface area (Å²) in [5.41, 5.74) is 1.23. The van der Waals surface area contributed by atoms with E-state index in [9.17, 15) is 19.8 Å². The molecule has 0 aromatic heterocycles. The first-order valence-electron chi connectivity index (χ1n) is 15.2. The second kappa shape index (κ2) is 14.0. The number of hydrogen-bond donors (Lipinski definition) is 2. The fraction of sp³-hybridized carbons (Fsp3) is 0.562. The number of benzene rings is 2. The van der Waals surface area contributed by atoms with Crippen molar-refractivity contribution in [1.82, 2.24) is 0 Å². The summed E-state index contributed by atoms with van der Waals surface area (Å²) >= 11 is 0. The molecule has 1 aliphatic rings. The maximum atomic E-state index is 12.7. The number of aliphatic carboxylic acids is 2. The van der Waals surface area contributed by atoms with Crippen LogP contribution in [0.25, 0.3) is 0 Å². The standard InChI is InChI=1S/C32H48O8Si2/c1-9-41(10-2,11-3)39-23-17-15-21(19-25(23)37-7)27-29(31(33)34)28(30(27)32(35)36)22-16-18-24(26(20-22)38-8)40-42(12-4,13-5)14-6/h15-20,27-30H,9-14H2,1-8H3,(H,33,34)(H,35,36)/t27-,28-,29-,30-. The van der Waals surface area contributed by atoms with Crippen molar-refractivity contribution >= 4 is 28.6 Å². The zero-order valence-electron chi connectivity index (χ0n) is 26.4. The van der Waals surface area contributed by atoms with Gasteiger partial charge < -0.3 is 28.5 Å². The fourth-order valence-electron chi connectivity index (χ4n) is 6.54. The van der Waals surface area contributed by atoms with E-state index in [2.05, 4.69) is 41.5 Å². The summed E-state index contributed by atoms with van der Waals surface area (Å²) in [6.45, 7) is 12.9. The molecule has 0 spiro atoms. The summed E-state index contributed by atoms with van der Waals surface area (Å²) in [6, 6.07) is 16.5. The lowest BCUT2D eigenvalue weighted by molar-refractivity contribution is -0.159. The lowest BCUT2D eigenvalue weighted by Crippen LogP contribution is -2.51. The maximum Gasteiger partial charge on any atom is 0.307 e. The van der Waals surface area contributed by atoms with Crippen molar-refractivity contribution in [2.24, 2.45) is 11.8 Å². The Morgan fingerprint density at radius 3 is 1.14 bits per heavy atom. The highest BCUT2D eigenvalue weighted by molar-refractivity contribution is 6.74. The zero-order chi connectivity index (χ0) is 31.2. The average Bonchev–Trinajstić information content (AvgIpc) is 2.98. The Kier molecular flexibility index (Phi) is 11.2. The molecule has 2 aromatic carbocycles. The summed E-state index contributed by atoms with van der Waals surface area (Å²) in [5, 5.41) is 20.7. The summed E-state index contributed by atoms with van der Waals surface area (Å²) in [7, 11) is -0.873. The molecule has 0 radical (unpaired) electrons. The topological polar surface area (TPSA) is 112 Å².